The number of nitrogens with zero attached hydrogens (tertiary/aromatic N) is 1. The van der Waals surface area contributed by atoms with Gasteiger partial charge in [-0.05, 0) is 26.0 Å². The van der Waals surface area contributed by atoms with Gasteiger partial charge in [0.1, 0.15) is 0 Å². The van der Waals surface area contributed by atoms with Crippen molar-refractivity contribution in [1.82, 2.24) is 5.32 Å². The van der Waals surface area contributed by atoms with E-state index in [1.807, 2.05) is 44.0 Å². The molecule has 1 aromatic carbocycles. The van der Waals surface area contributed by atoms with Crippen molar-refractivity contribution in [2.24, 2.45) is 0 Å². The van der Waals surface area contributed by atoms with Crippen molar-refractivity contribution in [2.75, 3.05) is 18.5 Å². The average molecular weight is 315 g/mol. The predicted molar refractivity (Wildman–Crippen MR) is 76.6 cm³/mol. The van der Waals surface area contributed by atoms with Crippen LogP contribution in [0.4, 0.5) is 5.69 Å². The summed E-state index contributed by atoms with van der Waals surface area (Å²) in [5, 5.41) is 12.1. The minimum atomic E-state index is -0.0429. The number of amides is 1. The molecule has 4 nitrogen and oxygen atoms in total. The molecule has 1 aromatic rings. The minimum Gasteiger partial charge on any atom is -0.392 e. The fourth-order valence-corrected chi connectivity index (χ4v) is 2.04. The molecule has 100 valence electrons. The quantitative estimate of drug-likeness (QED) is 0.873. The van der Waals surface area contributed by atoms with Gasteiger partial charge < -0.3 is 15.3 Å². The average Bonchev–Trinajstić information content (AvgIpc) is 2.27. The van der Waals surface area contributed by atoms with Crippen LogP contribution in [0.3, 0.4) is 0 Å². The molecular formula is C13H19BrN2O2. The Kier molecular flexibility index (Phi) is 5.62. The predicted octanol–water partition coefficient (Wildman–Crippen LogP) is 1.90. The maximum atomic E-state index is 11.7. The van der Waals surface area contributed by atoms with Gasteiger partial charge in [-0.3, -0.25) is 4.79 Å². The van der Waals surface area contributed by atoms with Crippen molar-refractivity contribution in [2.45, 2.75) is 26.5 Å². The molecule has 0 aliphatic carbocycles. The molecule has 5 heteroatoms. The Morgan fingerprint density at radius 2 is 2.17 bits per heavy atom. The maximum absolute atomic E-state index is 11.7. The molecule has 0 aliphatic heterocycles. The first-order chi connectivity index (χ1) is 8.43. The lowest BCUT2D eigenvalue weighted by molar-refractivity contribution is -0.120. The summed E-state index contributed by atoms with van der Waals surface area (Å²) in [4.78, 5) is 13.5. The molecule has 0 aromatic heterocycles. The van der Waals surface area contributed by atoms with E-state index in [1.54, 1.807) is 0 Å². The summed E-state index contributed by atoms with van der Waals surface area (Å²) in [5.41, 5.74) is 1.66. The van der Waals surface area contributed by atoms with Crippen LogP contribution in [-0.2, 0) is 11.4 Å². The van der Waals surface area contributed by atoms with Gasteiger partial charge in [0.25, 0.3) is 0 Å². The fraction of sp³-hybridized carbons (Fsp3) is 0.462. The van der Waals surface area contributed by atoms with Crippen LogP contribution in [0.25, 0.3) is 0 Å². The van der Waals surface area contributed by atoms with E-state index in [2.05, 4.69) is 21.2 Å². The summed E-state index contributed by atoms with van der Waals surface area (Å²) < 4.78 is 0.922. The maximum Gasteiger partial charge on any atom is 0.239 e. The topological polar surface area (TPSA) is 52.6 Å². The third kappa shape index (κ3) is 4.31. The number of nitrogens with one attached hydrogen (secondary N) is 1. The molecule has 0 radical (unpaired) electrons. The fourth-order valence-electron chi connectivity index (χ4n) is 1.69. The van der Waals surface area contributed by atoms with E-state index in [0.29, 0.717) is 0 Å². The lowest BCUT2D eigenvalue weighted by Crippen LogP contribution is -2.38. The van der Waals surface area contributed by atoms with Crippen LogP contribution < -0.4 is 10.2 Å². The smallest absolute Gasteiger partial charge is 0.239 e. The van der Waals surface area contributed by atoms with E-state index < -0.39 is 0 Å². The molecule has 2 N–H and O–H groups in total. The highest BCUT2D eigenvalue weighted by Gasteiger charge is 2.12. The SMILES string of the molecule is CC(C)NC(=O)CN(C)c1cc(Br)ccc1CO. The Labute approximate surface area is 116 Å². The van der Waals surface area contributed by atoms with Crippen LogP contribution in [-0.4, -0.2) is 30.6 Å². The van der Waals surface area contributed by atoms with Gasteiger partial charge in [-0.2, -0.15) is 0 Å². The zero-order valence-electron chi connectivity index (χ0n) is 10.9. The van der Waals surface area contributed by atoms with E-state index >= 15 is 0 Å². The van der Waals surface area contributed by atoms with Crippen LogP contribution in [0.5, 0.6) is 0 Å². The molecule has 0 aliphatic rings. The van der Waals surface area contributed by atoms with Crippen LogP contribution >= 0.6 is 15.9 Å². The molecule has 1 rings (SSSR count). The van der Waals surface area contributed by atoms with E-state index in [9.17, 15) is 9.90 Å². The van der Waals surface area contributed by atoms with Crippen LogP contribution in [0, 0.1) is 0 Å². The molecule has 0 atom stereocenters. The van der Waals surface area contributed by atoms with E-state index in [1.165, 1.54) is 0 Å². The van der Waals surface area contributed by atoms with Crippen molar-refractivity contribution in [3.8, 4) is 0 Å². The monoisotopic (exact) mass is 314 g/mol. The number of likely N-dealkylation sites (N-methyl/N-ethyl adjacent to an activating group) is 1. The normalized spacial score (nSPS) is 10.6. The number of carbonyl (C=O) groups is 1. The van der Waals surface area contributed by atoms with E-state index in [-0.39, 0.29) is 25.1 Å². The lowest BCUT2D eigenvalue weighted by Gasteiger charge is -2.22. The zero-order chi connectivity index (χ0) is 13.7. The highest BCUT2D eigenvalue weighted by atomic mass is 79.9. The molecular weight excluding hydrogens is 296 g/mol. The second-order valence-electron chi connectivity index (χ2n) is 4.51. The first-order valence-corrected chi connectivity index (χ1v) is 6.63. The van der Waals surface area contributed by atoms with Gasteiger partial charge in [-0.15, -0.1) is 0 Å². The van der Waals surface area contributed by atoms with Gasteiger partial charge in [0.2, 0.25) is 5.91 Å². The standard InChI is InChI=1S/C13H19BrN2O2/c1-9(2)15-13(18)7-16(3)12-6-11(14)5-4-10(12)8-17/h4-6,9,17H,7-8H2,1-3H3,(H,15,18). The molecule has 0 fully saturated rings. The van der Waals surface area contributed by atoms with Crippen molar-refractivity contribution in [3.05, 3.63) is 28.2 Å². The first-order valence-electron chi connectivity index (χ1n) is 5.83. The molecule has 0 bridgehead atoms. The number of aliphatic hydroxyl groups is 1. The Morgan fingerprint density at radius 3 is 2.72 bits per heavy atom. The largest absolute Gasteiger partial charge is 0.392 e. The van der Waals surface area contributed by atoms with Crippen LogP contribution in [0.15, 0.2) is 22.7 Å². The number of hydrogen-bond acceptors (Lipinski definition) is 3. The molecule has 0 spiro atoms. The number of benzene rings is 1. The van der Waals surface area contributed by atoms with Gasteiger partial charge in [0, 0.05) is 28.8 Å². The van der Waals surface area contributed by atoms with Crippen LogP contribution in [0.1, 0.15) is 19.4 Å². The number of rotatable bonds is 5. The number of hydrogen-bond donors (Lipinski definition) is 2. The Hall–Kier alpha value is -1.07. The Bertz CT molecular complexity index is 421. The van der Waals surface area contributed by atoms with E-state index in [4.69, 9.17) is 0 Å². The van der Waals surface area contributed by atoms with Crippen molar-refractivity contribution in [3.63, 3.8) is 0 Å². The summed E-state index contributed by atoms with van der Waals surface area (Å²) in [6, 6.07) is 5.74. The lowest BCUT2D eigenvalue weighted by atomic mass is 10.1. The molecule has 0 saturated heterocycles. The highest BCUT2D eigenvalue weighted by molar-refractivity contribution is 9.10. The van der Waals surface area contributed by atoms with Gasteiger partial charge >= 0.3 is 0 Å². The Morgan fingerprint density at radius 1 is 1.50 bits per heavy atom. The van der Waals surface area contributed by atoms with Gasteiger partial charge in [-0.25, -0.2) is 0 Å². The summed E-state index contributed by atoms with van der Waals surface area (Å²) >= 11 is 3.39. The number of halogens is 1. The molecule has 0 heterocycles. The second-order valence-corrected chi connectivity index (χ2v) is 5.43. The molecule has 0 saturated carbocycles. The zero-order valence-corrected chi connectivity index (χ0v) is 12.5. The van der Waals surface area contributed by atoms with Crippen LogP contribution in [0.2, 0.25) is 0 Å². The summed E-state index contributed by atoms with van der Waals surface area (Å²) in [5.74, 6) is -0.0311. The minimum absolute atomic E-state index is 0.0311. The van der Waals surface area contributed by atoms with Crippen molar-refractivity contribution < 1.29 is 9.90 Å². The molecule has 18 heavy (non-hydrogen) atoms. The van der Waals surface area contributed by atoms with Crippen molar-refractivity contribution in [1.29, 1.82) is 0 Å². The third-order valence-electron chi connectivity index (χ3n) is 2.46. The number of carbonyl (C=O) groups excluding carboxylic acids is 1. The first kappa shape index (κ1) is 15.0. The van der Waals surface area contributed by atoms with Gasteiger partial charge in [0.15, 0.2) is 0 Å². The third-order valence-corrected chi connectivity index (χ3v) is 2.95. The van der Waals surface area contributed by atoms with Gasteiger partial charge in [-0.1, -0.05) is 22.0 Å². The number of anilines is 1. The number of aliphatic hydroxyl groups excluding tert-OH is 1. The summed E-state index contributed by atoms with van der Waals surface area (Å²) in [6.07, 6.45) is 0. The highest BCUT2D eigenvalue weighted by Crippen LogP contribution is 2.24. The van der Waals surface area contributed by atoms with Crippen molar-refractivity contribution >= 4 is 27.5 Å². The van der Waals surface area contributed by atoms with Gasteiger partial charge in [0.05, 0.1) is 13.2 Å². The summed E-state index contributed by atoms with van der Waals surface area (Å²) in [6.45, 7) is 4.08. The second kappa shape index (κ2) is 6.75. The molecule has 0 unspecified atom stereocenters. The van der Waals surface area contributed by atoms with E-state index in [0.717, 1.165) is 15.7 Å². The summed E-state index contributed by atoms with van der Waals surface area (Å²) in [7, 11) is 1.83. The Balaban J connectivity index is 2.80. The molecule has 1 amide bonds.